The molecule has 0 aromatic heterocycles. The van der Waals surface area contributed by atoms with Crippen molar-refractivity contribution in [3.05, 3.63) is 11.1 Å². The van der Waals surface area contributed by atoms with Crippen LogP contribution in [-0.4, -0.2) is 12.2 Å². The lowest BCUT2D eigenvalue weighted by atomic mass is 9.99. The zero-order valence-electron chi connectivity index (χ0n) is 9.01. The number of carbonyl (C=O) groups excluding carboxylic acids is 2. The Bertz CT molecular complexity index is 231. The van der Waals surface area contributed by atoms with Gasteiger partial charge in [-0.2, -0.15) is 0 Å². The van der Waals surface area contributed by atoms with Crippen molar-refractivity contribution in [1.29, 1.82) is 0 Å². The highest BCUT2D eigenvalue weighted by molar-refractivity contribution is 5.97. The van der Waals surface area contributed by atoms with E-state index in [1.807, 2.05) is 13.8 Å². The van der Waals surface area contributed by atoms with Gasteiger partial charge in [0.15, 0.2) is 0 Å². The number of aldehydes is 1. The lowest BCUT2D eigenvalue weighted by molar-refractivity contribution is -0.115. The monoisotopic (exact) mass is 197 g/mol. The summed E-state index contributed by atoms with van der Waals surface area (Å²) in [5.41, 5.74) is 6.31. The van der Waals surface area contributed by atoms with Crippen LogP contribution in [-0.2, 0) is 9.59 Å². The van der Waals surface area contributed by atoms with Crippen molar-refractivity contribution in [2.24, 2.45) is 5.73 Å². The molecule has 14 heavy (non-hydrogen) atoms. The van der Waals surface area contributed by atoms with E-state index in [1.54, 1.807) is 0 Å². The van der Waals surface area contributed by atoms with Crippen LogP contribution in [0.5, 0.6) is 0 Å². The maximum Gasteiger partial charge on any atom is 0.245 e. The van der Waals surface area contributed by atoms with Crippen molar-refractivity contribution in [1.82, 2.24) is 0 Å². The van der Waals surface area contributed by atoms with Gasteiger partial charge >= 0.3 is 0 Å². The molecule has 0 radical (unpaired) electrons. The average molecular weight is 197 g/mol. The second-order valence-corrected chi connectivity index (χ2v) is 3.34. The van der Waals surface area contributed by atoms with Crippen molar-refractivity contribution in [2.75, 3.05) is 0 Å². The van der Waals surface area contributed by atoms with Gasteiger partial charge < -0.3 is 5.73 Å². The van der Waals surface area contributed by atoms with Gasteiger partial charge in [0.25, 0.3) is 0 Å². The van der Waals surface area contributed by atoms with E-state index in [4.69, 9.17) is 5.73 Å². The van der Waals surface area contributed by atoms with Gasteiger partial charge in [-0.25, -0.2) is 0 Å². The van der Waals surface area contributed by atoms with Crippen LogP contribution in [0.15, 0.2) is 11.1 Å². The summed E-state index contributed by atoms with van der Waals surface area (Å²) in [6, 6.07) is 0. The molecule has 0 saturated heterocycles. The number of carbonyl (C=O) groups is 2. The highest BCUT2D eigenvalue weighted by atomic mass is 16.1. The normalized spacial score (nSPS) is 12.1. The van der Waals surface area contributed by atoms with E-state index >= 15 is 0 Å². The van der Waals surface area contributed by atoms with Crippen LogP contribution in [0, 0.1) is 0 Å². The molecule has 0 atom stereocenters. The molecule has 0 unspecified atom stereocenters. The van der Waals surface area contributed by atoms with Crippen molar-refractivity contribution in [3.8, 4) is 0 Å². The van der Waals surface area contributed by atoms with Crippen LogP contribution in [0.1, 0.15) is 46.0 Å². The number of hydrogen-bond donors (Lipinski definition) is 1. The Kier molecular flexibility index (Phi) is 6.72. The molecule has 0 spiro atoms. The molecule has 1 amide bonds. The minimum Gasteiger partial charge on any atom is -0.366 e. The predicted molar refractivity (Wildman–Crippen MR) is 56.7 cm³/mol. The van der Waals surface area contributed by atoms with Gasteiger partial charge in [0.2, 0.25) is 5.91 Å². The first-order valence-corrected chi connectivity index (χ1v) is 5.14. The number of rotatable bonds is 7. The fraction of sp³-hybridized carbons (Fsp3) is 0.636. The lowest BCUT2D eigenvalue weighted by Crippen LogP contribution is -2.16. The van der Waals surface area contributed by atoms with Crippen LogP contribution >= 0.6 is 0 Å². The molecule has 0 aromatic carbocycles. The van der Waals surface area contributed by atoms with Gasteiger partial charge in [0.1, 0.15) is 6.29 Å². The summed E-state index contributed by atoms with van der Waals surface area (Å²) in [6.07, 6.45) is 4.81. The maximum atomic E-state index is 11.1. The SMILES string of the molecule is CCCC/C(C=O)=C(\CCC)C(N)=O. The predicted octanol–water partition coefficient (Wildman–Crippen LogP) is 1.96. The first-order valence-electron chi connectivity index (χ1n) is 5.14. The Balaban J connectivity index is 4.68. The highest BCUT2D eigenvalue weighted by Gasteiger charge is 2.10. The number of hydrogen-bond acceptors (Lipinski definition) is 2. The standard InChI is InChI=1S/C11H19NO2/c1-3-5-7-9(8-13)10(6-4-2)11(12)14/h8H,3-7H2,1-2H3,(H2,12,14)/b10-9-. The molecule has 0 heterocycles. The van der Waals surface area contributed by atoms with E-state index in [0.29, 0.717) is 24.0 Å². The average Bonchev–Trinajstić information content (AvgIpc) is 2.17. The summed E-state index contributed by atoms with van der Waals surface area (Å²) >= 11 is 0. The van der Waals surface area contributed by atoms with E-state index in [1.165, 1.54) is 0 Å². The van der Waals surface area contributed by atoms with Crippen molar-refractivity contribution in [3.63, 3.8) is 0 Å². The smallest absolute Gasteiger partial charge is 0.245 e. The molecule has 0 aliphatic heterocycles. The second kappa shape index (κ2) is 7.30. The fourth-order valence-corrected chi connectivity index (χ4v) is 1.34. The van der Waals surface area contributed by atoms with Crippen molar-refractivity contribution < 1.29 is 9.59 Å². The largest absolute Gasteiger partial charge is 0.366 e. The third-order valence-electron chi connectivity index (χ3n) is 2.13. The maximum absolute atomic E-state index is 11.1. The molecule has 0 aliphatic carbocycles. The molecule has 3 nitrogen and oxygen atoms in total. The van der Waals surface area contributed by atoms with Gasteiger partial charge in [-0.3, -0.25) is 9.59 Å². The zero-order valence-corrected chi connectivity index (χ0v) is 9.01. The molecular formula is C11H19NO2. The topological polar surface area (TPSA) is 60.2 Å². The number of unbranched alkanes of at least 4 members (excludes halogenated alkanes) is 1. The molecular weight excluding hydrogens is 178 g/mol. The number of amides is 1. The summed E-state index contributed by atoms with van der Waals surface area (Å²) in [4.78, 5) is 21.8. The molecule has 0 rings (SSSR count). The summed E-state index contributed by atoms with van der Waals surface area (Å²) in [5, 5.41) is 0. The van der Waals surface area contributed by atoms with Crippen LogP contribution in [0.25, 0.3) is 0 Å². The van der Waals surface area contributed by atoms with Crippen molar-refractivity contribution >= 4 is 12.2 Å². The summed E-state index contributed by atoms with van der Waals surface area (Å²) < 4.78 is 0. The van der Waals surface area contributed by atoms with Gasteiger partial charge in [0, 0.05) is 11.1 Å². The van der Waals surface area contributed by atoms with E-state index < -0.39 is 5.91 Å². The quantitative estimate of drug-likeness (QED) is 0.501. The molecule has 0 saturated carbocycles. The number of nitrogens with two attached hydrogens (primary N) is 1. The minimum atomic E-state index is -0.454. The molecule has 0 fully saturated rings. The molecule has 0 aliphatic rings. The van der Waals surface area contributed by atoms with Crippen molar-refractivity contribution in [2.45, 2.75) is 46.0 Å². The Labute approximate surface area is 85.4 Å². The summed E-state index contributed by atoms with van der Waals surface area (Å²) in [7, 11) is 0. The van der Waals surface area contributed by atoms with Crippen LogP contribution in [0.2, 0.25) is 0 Å². The molecule has 2 N–H and O–H groups in total. The fourth-order valence-electron chi connectivity index (χ4n) is 1.34. The summed E-state index contributed by atoms with van der Waals surface area (Å²) in [5.74, 6) is -0.454. The van der Waals surface area contributed by atoms with E-state index in [2.05, 4.69) is 0 Å². The third-order valence-corrected chi connectivity index (χ3v) is 2.13. The Morgan fingerprint density at radius 2 is 1.86 bits per heavy atom. The minimum absolute atomic E-state index is 0.454. The highest BCUT2D eigenvalue weighted by Crippen LogP contribution is 2.14. The molecule has 3 heteroatoms. The van der Waals surface area contributed by atoms with Gasteiger partial charge in [0.05, 0.1) is 0 Å². The Morgan fingerprint density at radius 1 is 1.21 bits per heavy atom. The first kappa shape index (κ1) is 12.9. The van der Waals surface area contributed by atoms with Gasteiger partial charge in [-0.1, -0.05) is 26.7 Å². The second-order valence-electron chi connectivity index (χ2n) is 3.34. The molecule has 0 aromatic rings. The zero-order chi connectivity index (χ0) is 11.0. The Morgan fingerprint density at radius 3 is 2.21 bits per heavy atom. The summed E-state index contributed by atoms with van der Waals surface area (Å²) in [6.45, 7) is 4.01. The molecule has 80 valence electrons. The first-order chi connectivity index (χ1) is 6.67. The van der Waals surface area contributed by atoms with Crippen LogP contribution < -0.4 is 5.73 Å². The lowest BCUT2D eigenvalue weighted by Gasteiger charge is -2.06. The van der Waals surface area contributed by atoms with E-state index in [0.717, 1.165) is 25.5 Å². The molecule has 0 bridgehead atoms. The van der Waals surface area contributed by atoms with Gasteiger partial charge in [-0.15, -0.1) is 0 Å². The number of allylic oxidation sites excluding steroid dienone is 1. The Hall–Kier alpha value is -1.12. The number of primary amides is 1. The van der Waals surface area contributed by atoms with E-state index in [9.17, 15) is 9.59 Å². The van der Waals surface area contributed by atoms with Crippen LogP contribution in [0.3, 0.4) is 0 Å². The van der Waals surface area contributed by atoms with Gasteiger partial charge in [-0.05, 0) is 19.3 Å². The van der Waals surface area contributed by atoms with Crippen LogP contribution in [0.4, 0.5) is 0 Å². The third kappa shape index (κ3) is 4.21. The van der Waals surface area contributed by atoms with E-state index in [-0.39, 0.29) is 0 Å².